The first-order valence-electron chi connectivity index (χ1n) is 7.01. The molecule has 9 heteroatoms. The maximum atomic E-state index is 13.6. The normalized spacial score (nSPS) is 13.0. The SMILES string of the molecule is CCOC(=O)C[C@H](C)[C@H](NC(=O)c1c(F)cc(F)cc1F)C(=O)O. The number of esters is 1. The van der Waals surface area contributed by atoms with E-state index < -0.39 is 52.8 Å². The van der Waals surface area contributed by atoms with Gasteiger partial charge in [-0.1, -0.05) is 6.92 Å². The molecule has 0 aliphatic heterocycles. The van der Waals surface area contributed by atoms with Crippen LogP contribution >= 0.6 is 0 Å². The molecule has 132 valence electrons. The first kappa shape index (κ1) is 19.5. The first-order valence-corrected chi connectivity index (χ1v) is 7.01. The molecule has 0 aliphatic rings. The molecule has 6 nitrogen and oxygen atoms in total. The van der Waals surface area contributed by atoms with Crippen molar-refractivity contribution in [2.45, 2.75) is 26.3 Å². The van der Waals surface area contributed by atoms with Gasteiger partial charge in [0.2, 0.25) is 0 Å². The molecule has 2 atom stereocenters. The van der Waals surface area contributed by atoms with Gasteiger partial charge in [-0.05, 0) is 12.8 Å². The molecule has 0 fully saturated rings. The minimum atomic E-state index is -1.59. The summed E-state index contributed by atoms with van der Waals surface area (Å²) in [5, 5.41) is 11.1. The van der Waals surface area contributed by atoms with Gasteiger partial charge in [-0.2, -0.15) is 0 Å². The summed E-state index contributed by atoms with van der Waals surface area (Å²) in [6.45, 7) is 3.02. The lowest BCUT2D eigenvalue weighted by Gasteiger charge is -2.21. The zero-order valence-corrected chi connectivity index (χ0v) is 12.9. The molecule has 0 unspecified atom stereocenters. The number of aliphatic carboxylic acids is 1. The zero-order valence-electron chi connectivity index (χ0n) is 12.9. The van der Waals surface area contributed by atoms with Crippen molar-refractivity contribution in [2.75, 3.05) is 6.61 Å². The van der Waals surface area contributed by atoms with E-state index in [4.69, 9.17) is 5.11 Å². The second-order valence-electron chi connectivity index (χ2n) is 5.02. The topological polar surface area (TPSA) is 92.7 Å². The number of amides is 1. The molecule has 0 spiro atoms. The molecule has 0 saturated carbocycles. The molecule has 1 amide bonds. The van der Waals surface area contributed by atoms with Gasteiger partial charge in [0.1, 0.15) is 29.1 Å². The van der Waals surface area contributed by atoms with Crippen LogP contribution in [0.1, 0.15) is 30.6 Å². The van der Waals surface area contributed by atoms with Crippen LogP contribution in [0.25, 0.3) is 0 Å². The van der Waals surface area contributed by atoms with E-state index in [0.29, 0.717) is 12.1 Å². The molecule has 2 N–H and O–H groups in total. The Bertz CT molecular complexity index is 627. The quantitative estimate of drug-likeness (QED) is 0.735. The highest BCUT2D eigenvalue weighted by molar-refractivity contribution is 5.97. The number of nitrogens with one attached hydrogen (secondary N) is 1. The average molecular weight is 347 g/mol. The fourth-order valence-electron chi connectivity index (χ4n) is 2.02. The van der Waals surface area contributed by atoms with Crippen molar-refractivity contribution in [1.29, 1.82) is 0 Å². The molecule has 0 radical (unpaired) electrons. The van der Waals surface area contributed by atoms with Gasteiger partial charge in [0.05, 0.1) is 13.0 Å². The third-order valence-corrected chi connectivity index (χ3v) is 3.15. The Kier molecular flexibility index (Phi) is 6.75. The molecule has 24 heavy (non-hydrogen) atoms. The molecular formula is C15H16F3NO5. The molecule has 0 saturated heterocycles. The lowest BCUT2D eigenvalue weighted by molar-refractivity contribution is -0.145. The predicted molar refractivity (Wildman–Crippen MR) is 75.6 cm³/mol. The number of carboxylic acid groups (broad SMARTS) is 1. The van der Waals surface area contributed by atoms with Crippen LogP contribution in [0.4, 0.5) is 13.2 Å². The fourth-order valence-corrected chi connectivity index (χ4v) is 2.02. The number of hydrogen-bond acceptors (Lipinski definition) is 4. The van der Waals surface area contributed by atoms with Crippen molar-refractivity contribution >= 4 is 17.8 Å². The number of benzene rings is 1. The van der Waals surface area contributed by atoms with E-state index in [0.717, 1.165) is 0 Å². The number of carbonyl (C=O) groups excluding carboxylic acids is 2. The van der Waals surface area contributed by atoms with Gasteiger partial charge >= 0.3 is 11.9 Å². The average Bonchev–Trinajstić information content (AvgIpc) is 2.43. The molecule has 0 aliphatic carbocycles. The standard InChI is InChI=1S/C15H16F3NO5/c1-3-24-11(20)4-7(2)13(15(22)23)19-14(21)12-9(17)5-8(16)6-10(12)18/h5-7,13H,3-4H2,1-2H3,(H,19,21)(H,22,23)/t7-,13-/m0/s1. The zero-order chi connectivity index (χ0) is 18.4. The Labute approximate surface area is 135 Å². The highest BCUT2D eigenvalue weighted by Gasteiger charge is 2.30. The first-order chi connectivity index (χ1) is 11.2. The van der Waals surface area contributed by atoms with Crippen molar-refractivity contribution in [3.05, 3.63) is 35.1 Å². The van der Waals surface area contributed by atoms with E-state index >= 15 is 0 Å². The minimum absolute atomic E-state index is 0.0989. The predicted octanol–water partition coefficient (Wildman–Crippen LogP) is 1.88. The summed E-state index contributed by atoms with van der Waals surface area (Å²) in [6, 6.07) is -0.989. The van der Waals surface area contributed by atoms with Crippen LogP contribution in [0.5, 0.6) is 0 Å². The molecule has 0 aromatic heterocycles. The minimum Gasteiger partial charge on any atom is -0.480 e. The molecule has 0 bridgehead atoms. The second-order valence-corrected chi connectivity index (χ2v) is 5.02. The summed E-state index contributed by atoms with van der Waals surface area (Å²) in [6.07, 6.45) is -0.320. The summed E-state index contributed by atoms with van der Waals surface area (Å²) >= 11 is 0. The molecular weight excluding hydrogens is 331 g/mol. The Hall–Kier alpha value is -2.58. The molecule has 1 rings (SSSR count). The second kappa shape index (κ2) is 8.32. The largest absolute Gasteiger partial charge is 0.480 e. The Morgan fingerprint density at radius 1 is 1.21 bits per heavy atom. The van der Waals surface area contributed by atoms with Crippen LogP contribution in [0.3, 0.4) is 0 Å². The summed E-state index contributed by atoms with van der Waals surface area (Å²) in [7, 11) is 0. The Balaban J connectivity index is 2.95. The van der Waals surface area contributed by atoms with Gasteiger partial charge < -0.3 is 15.2 Å². The number of halogens is 3. The summed E-state index contributed by atoms with van der Waals surface area (Å²) in [5.41, 5.74) is -1.11. The van der Waals surface area contributed by atoms with Crippen LogP contribution in [0, 0.1) is 23.4 Å². The van der Waals surface area contributed by atoms with Crippen LogP contribution < -0.4 is 5.32 Å². The summed E-state index contributed by atoms with van der Waals surface area (Å²) in [4.78, 5) is 34.6. The van der Waals surface area contributed by atoms with Crippen molar-refractivity contribution in [1.82, 2.24) is 5.32 Å². The third kappa shape index (κ3) is 4.97. The highest BCUT2D eigenvalue weighted by atomic mass is 19.1. The van der Waals surface area contributed by atoms with Crippen LogP contribution in [0.15, 0.2) is 12.1 Å². The monoisotopic (exact) mass is 347 g/mol. The Morgan fingerprint density at radius 2 is 1.75 bits per heavy atom. The van der Waals surface area contributed by atoms with Gasteiger partial charge in [0.25, 0.3) is 5.91 Å². The van der Waals surface area contributed by atoms with Gasteiger partial charge in [-0.25, -0.2) is 18.0 Å². The van der Waals surface area contributed by atoms with E-state index in [1.807, 2.05) is 5.32 Å². The maximum absolute atomic E-state index is 13.6. The van der Waals surface area contributed by atoms with Crippen molar-refractivity contribution in [3.8, 4) is 0 Å². The Morgan fingerprint density at radius 3 is 2.21 bits per heavy atom. The molecule has 1 aromatic rings. The number of carbonyl (C=O) groups is 3. The van der Waals surface area contributed by atoms with Gasteiger partial charge in [-0.15, -0.1) is 0 Å². The van der Waals surface area contributed by atoms with E-state index in [1.165, 1.54) is 6.92 Å². The third-order valence-electron chi connectivity index (χ3n) is 3.15. The number of carboxylic acids is 1. The fraction of sp³-hybridized carbons (Fsp3) is 0.400. The van der Waals surface area contributed by atoms with Crippen LogP contribution in [-0.4, -0.2) is 35.6 Å². The van der Waals surface area contributed by atoms with Crippen LogP contribution in [0.2, 0.25) is 0 Å². The number of rotatable bonds is 7. The van der Waals surface area contributed by atoms with Crippen molar-refractivity contribution in [3.63, 3.8) is 0 Å². The summed E-state index contributed by atoms with van der Waals surface area (Å²) < 4.78 is 44.7. The van der Waals surface area contributed by atoms with E-state index in [2.05, 4.69) is 4.74 Å². The van der Waals surface area contributed by atoms with E-state index in [9.17, 15) is 27.6 Å². The van der Waals surface area contributed by atoms with Gasteiger partial charge in [0.15, 0.2) is 0 Å². The van der Waals surface area contributed by atoms with E-state index in [1.54, 1.807) is 6.92 Å². The van der Waals surface area contributed by atoms with Crippen LogP contribution in [-0.2, 0) is 14.3 Å². The molecule has 0 heterocycles. The lowest BCUT2D eigenvalue weighted by atomic mass is 9.97. The van der Waals surface area contributed by atoms with Crippen molar-refractivity contribution in [2.24, 2.45) is 5.92 Å². The smallest absolute Gasteiger partial charge is 0.326 e. The molecule has 1 aromatic carbocycles. The van der Waals surface area contributed by atoms with Crippen molar-refractivity contribution < 1.29 is 37.4 Å². The van der Waals surface area contributed by atoms with Gasteiger partial charge in [0, 0.05) is 12.1 Å². The highest BCUT2D eigenvalue weighted by Crippen LogP contribution is 2.16. The number of hydrogen-bond donors (Lipinski definition) is 2. The van der Waals surface area contributed by atoms with Gasteiger partial charge in [-0.3, -0.25) is 9.59 Å². The number of ether oxygens (including phenoxy) is 1. The lowest BCUT2D eigenvalue weighted by Crippen LogP contribution is -2.46. The maximum Gasteiger partial charge on any atom is 0.326 e. The summed E-state index contributed by atoms with van der Waals surface area (Å²) in [5.74, 6) is -8.59. The van der Waals surface area contributed by atoms with E-state index in [-0.39, 0.29) is 13.0 Å².